The molecular formula is C55H56N2O2S4W. The van der Waals surface area contributed by atoms with Gasteiger partial charge in [-0.3, -0.25) is 4.79 Å². The van der Waals surface area contributed by atoms with Crippen LogP contribution in [0.2, 0.25) is 0 Å². The third kappa shape index (κ3) is 10.7. The number of para-hydroxylation sites is 2. The maximum Gasteiger partial charge on any atom is 0.333 e. The van der Waals surface area contributed by atoms with Gasteiger partial charge in [0, 0.05) is 82.6 Å². The van der Waals surface area contributed by atoms with Crippen molar-refractivity contribution in [2.45, 2.75) is 109 Å². The van der Waals surface area contributed by atoms with Gasteiger partial charge in [0.2, 0.25) is 0 Å². The Hall–Kier alpha value is -4.35. The van der Waals surface area contributed by atoms with Gasteiger partial charge >= 0.3 is 5.97 Å². The molecule has 0 atom stereocenters. The van der Waals surface area contributed by atoms with Gasteiger partial charge in [0.25, 0.3) is 5.70 Å². The SMILES string of the molecule is [C-]#[N+]/C(=C\c1ccc(-c2ccc(-c3cc4c(s3)-c3sc(-c5ccc(N(c6ccccc6)c6ccccc6)cc5)cc3C4(CCCCCCCC)CCCCCCCC)s2)s1)C(=O)O.[W]. The molecule has 1 aliphatic rings. The molecule has 0 unspecified atom stereocenters. The fourth-order valence-corrected chi connectivity index (χ4v) is 13.9. The molecule has 64 heavy (non-hydrogen) atoms. The van der Waals surface area contributed by atoms with Crippen LogP contribution in [0.15, 0.2) is 127 Å². The zero-order chi connectivity index (χ0) is 43.6. The van der Waals surface area contributed by atoms with Crippen molar-refractivity contribution in [3.63, 3.8) is 0 Å². The van der Waals surface area contributed by atoms with E-state index in [4.69, 9.17) is 6.57 Å². The second kappa shape index (κ2) is 22.7. The zero-order valence-electron chi connectivity index (χ0n) is 36.8. The van der Waals surface area contributed by atoms with Gasteiger partial charge in [0.15, 0.2) is 0 Å². The van der Waals surface area contributed by atoms with Crippen molar-refractivity contribution >= 4 is 74.5 Å². The van der Waals surface area contributed by atoms with Crippen molar-refractivity contribution in [3.05, 3.63) is 154 Å². The van der Waals surface area contributed by atoms with Gasteiger partial charge in [-0.05, 0) is 108 Å². The van der Waals surface area contributed by atoms with Crippen LogP contribution in [0.1, 0.15) is 120 Å². The molecule has 0 radical (unpaired) electrons. The number of carboxylic acid groups (broad SMARTS) is 1. The number of aliphatic carboxylic acids is 1. The fourth-order valence-electron chi connectivity index (χ4n) is 9.14. The summed E-state index contributed by atoms with van der Waals surface area (Å²) in [6, 6.07) is 44.0. The van der Waals surface area contributed by atoms with E-state index in [1.165, 1.54) is 137 Å². The average molecular weight is 1090 g/mol. The van der Waals surface area contributed by atoms with Crippen LogP contribution in [0.4, 0.5) is 17.1 Å². The van der Waals surface area contributed by atoms with Gasteiger partial charge in [-0.1, -0.05) is 139 Å². The maximum atomic E-state index is 11.5. The van der Waals surface area contributed by atoms with Crippen molar-refractivity contribution in [2.24, 2.45) is 0 Å². The van der Waals surface area contributed by atoms with E-state index in [0.717, 1.165) is 31.7 Å². The molecule has 4 heterocycles. The Bertz CT molecular complexity index is 2610. The minimum Gasteiger partial charge on any atom is -0.486 e. The summed E-state index contributed by atoms with van der Waals surface area (Å²) in [4.78, 5) is 26.9. The van der Waals surface area contributed by atoms with Crippen LogP contribution < -0.4 is 4.90 Å². The van der Waals surface area contributed by atoms with Crippen LogP contribution in [-0.2, 0) is 31.3 Å². The first-order valence-electron chi connectivity index (χ1n) is 22.7. The molecule has 328 valence electrons. The minimum atomic E-state index is -1.19. The van der Waals surface area contributed by atoms with Crippen molar-refractivity contribution < 1.29 is 31.0 Å². The molecule has 9 heteroatoms. The minimum absolute atomic E-state index is 0. The van der Waals surface area contributed by atoms with Crippen LogP contribution >= 0.6 is 45.3 Å². The van der Waals surface area contributed by atoms with Crippen molar-refractivity contribution in [2.75, 3.05) is 4.90 Å². The number of carboxylic acids is 1. The van der Waals surface area contributed by atoms with E-state index < -0.39 is 5.97 Å². The van der Waals surface area contributed by atoms with Gasteiger partial charge in [0.1, 0.15) is 0 Å². The fraction of sp³-hybridized carbons (Fsp3) is 0.309. The number of benzene rings is 3. The second-order valence-electron chi connectivity index (χ2n) is 16.7. The van der Waals surface area contributed by atoms with Gasteiger partial charge in [-0.2, -0.15) is 0 Å². The van der Waals surface area contributed by atoms with Crippen molar-refractivity contribution in [1.29, 1.82) is 0 Å². The molecule has 1 N–H and O–H groups in total. The third-order valence-electron chi connectivity index (χ3n) is 12.4. The summed E-state index contributed by atoms with van der Waals surface area (Å²) in [7, 11) is 0. The normalized spacial score (nSPS) is 12.7. The van der Waals surface area contributed by atoms with E-state index in [9.17, 15) is 9.90 Å². The van der Waals surface area contributed by atoms with Gasteiger partial charge < -0.3 is 10.0 Å². The summed E-state index contributed by atoms with van der Waals surface area (Å²) in [6.45, 7) is 11.9. The van der Waals surface area contributed by atoms with Crippen LogP contribution in [0.5, 0.6) is 0 Å². The Morgan fingerprint density at radius 1 is 0.578 bits per heavy atom. The Morgan fingerprint density at radius 3 is 1.59 bits per heavy atom. The number of nitrogens with zero attached hydrogens (tertiary/aromatic N) is 2. The first kappa shape index (κ1) is 47.6. The first-order valence-corrected chi connectivity index (χ1v) is 26.0. The third-order valence-corrected chi connectivity index (χ3v) is 17.4. The molecule has 0 saturated heterocycles. The average Bonchev–Trinajstić information content (AvgIpc) is 4.16. The van der Waals surface area contributed by atoms with Gasteiger partial charge in [-0.25, -0.2) is 4.85 Å². The molecule has 0 amide bonds. The summed E-state index contributed by atoms with van der Waals surface area (Å²) >= 11 is 7.29. The number of fused-ring (bicyclic) bond motifs is 3. The topological polar surface area (TPSA) is 44.9 Å². The van der Waals surface area contributed by atoms with E-state index in [1.807, 2.05) is 34.8 Å². The molecule has 8 rings (SSSR count). The Balaban J connectivity index is 0.00000612. The van der Waals surface area contributed by atoms with Gasteiger partial charge in [0.05, 0.1) is 6.57 Å². The molecule has 3 aromatic carbocycles. The van der Waals surface area contributed by atoms with Crippen molar-refractivity contribution in [3.8, 4) is 39.7 Å². The molecule has 0 bridgehead atoms. The van der Waals surface area contributed by atoms with E-state index in [0.29, 0.717) is 0 Å². The number of thiophene rings is 4. The summed E-state index contributed by atoms with van der Waals surface area (Å²) < 4.78 is 0. The monoisotopic (exact) mass is 1090 g/mol. The molecule has 0 fully saturated rings. The molecule has 0 spiro atoms. The molecule has 0 aliphatic heterocycles. The van der Waals surface area contributed by atoms with E-state index in [1.54, 1.807) is 22.5 Å². The van der Waals surface area contributed by atoms with Crippen LogP contribution in [-0.4, -0.2) is 11.1 Å². The molecule has 4 nitrogen and oxygen atoms in total. The molecule has 1 aliphatic carbocycles. The molecular weight excluding hydrogens is 1030 g/mol. The van der Waals surface area contributed by atoms with E-state index >= 15 is 0 Å². The Labute approximate surface area is 410 Å². The van der Waals surface area contributed by atoms with Crippen LogP contribution in [0.25, 0.3) is 50.6 Å². The number of anilines is 3. The van der Waals surface area contributed by atoms with E-state index in [-0.39, 0.29) is 32.2 Å². The molecule has 4 aromatic heterocycles. The predicted molar refractivity (Wildman–Crippen MR) is 273 cm³/mol. The molecule has 0 saturated carbocycles. The summed E-state index contributed by atoms with van der Waals surface area (Å²) in [5.74, 6) is -1.19. The van der Waals surface area contributed by atoms with Crippen LogP contribution in [0, 0.1) is 6.57 Å². The Kier molecular flexibility index (Phi) is 16.9. The van der Waals surface area contributed by atoms with Crippen molar-refractivity contribution in [1.82, 2.24) is 0 Å². The smallest absolute Gasteiger partial charge is 0.333 e. The zero-order valence-corrected chi connectivity index (χ0v) is 43.0. The summed E-state index contributed by atoms with van der Waals surface area (Å²) in [5.41, 5.74) is 7.54. The number of hydrogen-bond acceptors (Lipinski definition) is 6. The van der Waals surface area contributed by atoms with Gasteiger partial charge in [-0.15, -0.1) is 45.3 Å². The number of hydrogen-bond donors (Lipinski definition) is 1. The Morgan fingerprint density at radius 2 is 1.05 bits per heavy atom. The summed E-state index contributed by atoms with van der Waals surface area (Å²) in [5, 5.41) is 9.40. The number of carbonyl (C=O) groups is 1. The predicted octanol–water partition coefficient (Wildman–Crippen LogP) is 18.5. The number of unbranched alkanes of at least 4 members (excludes halogenated alkanes) is 10. The largest absolute Gasteiger partial charge is 0.486 e. The number of rotatable bonds is 22. The second-order valence-corrected chi connectivity index (χ2v) is 21.0. The maximum absolute atomic E-state index is 11.5. The standard InChI is InChI=1S/C55H56N2O2S4.W/c1-4-6-8-10-12-20-34-55(35-21-13-11-9-7-5-2)44-37-50(39-26-28-42(29-27-39)57(40-22-16-14-17-23-40)41-24-18-15-19-25-41)62-52(44)53-45(55)38-51(63-53)49-33-32-48(61-49)47-31-30-43(60-47)36-46(56-3)54(58)59;/h14-19,22-33,36-38H,4-13,20-21,34-35H2,1-2H3,(H,58,59);/b46-36-;. The summed E-state index contributed by atoms with van der Waals surface area (Å²) in [6.07, 6.45) is 19.4. The first-order chi connectivity index (χ1) is 30.9. The van der Waals surface area contributed by atoms with Crippen LogP contribution in [0.3, 0.4) is 0 Å². The van der Waals surface area contributed by atoms with E-state index in [2.05, 4.69) is 133 Å². The quantitative estimate of drug-likeness (QED) is 0.0418. The molecule has 7 aromatic rings.